The number of thioether (sulfide) groups is 1. The van der Waals surface area contributed by atoms with Gasteiger partial charge < -0.3 is 5.73 Å². The predicted octanol–water partition coefficient (Wildman–Crippen LogP) is 2.71. The summed E-state index contributed by atoms with van der Waals surface area (Å²) in [6.45, 7) is 0. The molecule has 0 aliphatic rings. The second kappa shape index (κ2) is 4.29. The molecule has 0 saturated carbocycles. The van der Waals surface area contributed by atoms with Gasteiger partial charge in [0, 0.05) is 17.3 Å². The molecule has 0 aliphatic heterocycles. The maximum atomic E-state index is 5.57. The van der Waals surface area contributed by atoms with Crippen LogP contribution in [0.1, 0.15) is 5.01 Å². The van der Waals surface area contributed by atoms with Crippen LogP contribution in [0.3, 0.4) is 0 Å². The van der Waals surface area contributed by atoms with Crippen molar-refractivity contribution in [1.29, 1.82) is 0 Å². The van der Waals surface area contributed by atoms with Gasteiger partial charge in [0.15, 0.2) is 5.13 Å². The Labute approximate surface area is 94.4 Å². The topological polar surface area (TPSA) is 51.8 Å². The van der Waals surface area contributed by atoms with E-state index >= 15 is 0 Å². The van der Waals surface area contributed by atoms with Gasteiger partial charge in [0.2, 0.25) is 0 Å². The highest BCUT2D eigenvalue weighted by molar-refractivity contribution is 7.97. The van der Waals surface area contributed by atoms with Crippen molar-refractivity contribution in [2.75, 3.05) is 12.0 Å². The standard InChI is InChI=1S/C8H9N3S3/c1-12-4-7-10-2-6(14-7)5-3-13-8(9)11-5/h2-3H,4H2,1H3,(H2,9,11). The van der Waals surface area contributed by atoms with Crippen molar-refractivity contribution in [3.63, 3.8) is 0 Å². The lowest BCUT2D eigenvalue weighted by Crippen LogP contribution is -1.80. The van der Waals surface area contributed by atoms with Crippen molar-refractivity contribution in [2.45, 2.75) is 5.75 Å². The summed E-state index contributed by atoms with van der Waals surface area (Å²) >= 11 is 4.92. The van der Waals surface area contributed by atoms with Gasteiger partial charge in [0.05, 0.1) is 10.6 Å². The number of anilines is 1. The van der Waals surface area contributed by atoms with Crippen molar-refractivity contribution >= 4 is 39.6 Å². The summed E-state index contributed by atoms with van der Waals surface area (Å²) in [6.07, 6.45) is 3.94. The monoisotopic (exact) mass is 243 g/mol. The molecule has 0 radical (unpaired) electrons. The molecule has 74 valence electrons. The average Bonchev–Trinajstić information content (AvgIpc) is 2.74. The van der Waals surface area contributed by atoms with Crippen molar-refractivity contribution in [2.24, 2.45) is 0 Å². The minimum absolute atomic E-state index is 0.611. The maximum Gasteiger partial charge on any atom is 0.180 e. The van der Waals surface area contributed by atoms with Gasteiger partial charge in [-0.3, -0.25) is 0 Å². The Balaban J connectivity index is 2.24. The Bertz CT molecular complexity index is 421. The molecule has 0 bridgehead atoms. The summed E-state index contributed by atoms with van der Waals surface area (Å²) in [4.78, 5) is 9.63. The van der Waals surface area contributed by atoms with Gasteiger partial charge in [-0.2, -0.15) is 11.8 Å². The number of hydrogen-bond donors (Lipinski definition) is 1. The number of hydrogen-bond acceptors (Lipinski definition) is 6. The van der Waals surface area contributed by atoms with Crippen LogP contribution in [0.4, 0.5) is 5.13 Å². The fourth-order valence-corrected chi connectivity index (χ4v) is 3.24. The molecule has 0 atom stereocenters. The number of thiazole rings is 2. The first kappa shape index (κ1) is 9.95. The summed E-state index contributed by atoms with van der Waals surface area (Å²) in [5.41, 5.74) is 6.51. The lowest BCUT2D eigenvalue weighted by atomic mass is 10.4. The molecule has 2 N–H and O–H groups in total. The van der Waals surface area contributed by atoms with Crippen LogP contribution in [0.2, 0.25) is 0 Å². The zero-order valence-corrected chi connectivity index (χ0v) is 10.0. The second-order valence-corrected chi connectivity index (χ2v) is 5.49. The molecule has 3 nitrogen and oxygen atoms in total. The summed E-state index contributed by atoms with van der Waals surface area (Å²) in [6, 6.07) is 0. The quantitative estimate of drug-likeness (QED) is 0.900. The van der Waals surface area contributed by atoms with Crippen LogP contribution in [0, 0.1) is 0 Å². The molecule has 14 heavy (non-hydrogen) atoms. The van der Waals surface area contributed by atoms with Gasteiger partial charge in [-0.05, 0) is 6.26 Å². The second-order valence-electron chi connectivity index (χ2n) is 2.62. The molecule has 0 aromatic carbocycles. The van der Waals surface area contributed by atoms with E-state index in [9.17, 15) is 0 Å². The molecule has 6 heteroatoms. The van der Waals surface area contributed by atoms with E-state index in [1.807, 2.05) is 11.6 Å². The molecule has 0 spiro atoms. The number of rotatable bonds is 3. The van der Waals surface area contributed by atoms with E-state index < -0.39 is 0 Å². The highest BCUT2D eigenvalue weighted by atomic mass is 32.2. The van der Waals surface area contributed by atoms with Gasteiger partial charge in [0.25, 0.3) is 0 Å². The summed E-state index contributed by atoms with van der Waals surface area (Å²) in [7, 11) is 0. The van der Waals surface area contributed by atoms with Crippen LogP contribution in [0.5, 0.6) is 0 Å². The largest absolute Gasteiger partial charge is 0.375 e. The SMILES string of the molecule is CSCc1ncc(-c2csc(N)n2)s1. The highest BCUT2D eigenvalue weighted by Crippen LogP contribution is 2.29. The zero-order valence-electron chi connectivity index (χ0n) is 7.56. The van der Waals surface area contributed by atoms with Crippen LogP contribution >= 0.6 is 34.4 Å². The molecule has 2 aromatic rings. The van der Waals surface area contributed by atoms with E-state index in [4.69, 9.17) is 5.73 Å². The van der Waals surface area contributed by atoms with Crippen molar-refractivity contribution in [3.8, 4) is 10.6 Å². The van der Waals surface area contributed by atoms with Gasteiger partial charge in [-0.15, -0.1) is 22.7 Å². The molecule has 0 aliphatic carbocycles. The fourth-order valence-electron chi connectivity index (χ4n) is 1.02. The zero-order chi connectivity index (χ0) is 9.97. The van der Waals surface area contributed by atoms with Crippen LogP contribution in [-0.4, -0.2) is 16.2 Å². The Kier molecular flexibility index (Phi) is 3.05. The number of nitrogens with zero attached hydrogens (tertiary/aromatic N) is 2. The smallest absolute Gasteiger partial charge is 0.180 e. The summed E-state index contributed by atoms with van der Waals surface area (Å²) in [5, 5.41) is 3.71. The van der Waals surface area contributed by atoms with E-state index in [1.54, 1.807) is 23.1 Å². The van der Waals surface area contributed by atoms with Crippen molar-refractivity contribution in [3.05, 3.63) is 16.6 Å². The first-order valence-electron chi connectivity index (χ1n) is 3.94. The molecule has 2 heterocycles. The normalized spacial score (nSPS) is 10.6. The third kappa shape index (κ3) is 2.08. The van der Waals surface area contributed by atoms with Gasteiger partial charge >= 0.3 is 0 Å². The minimum Gasteiger partial charge on any atom is -0.375 e. The third-order valence-electron chi connectivity index (χ3n) is 1.60. The molecule has 0 amide bonds. The number of aromatic nitrogens is 2. The number of nitrogens with two attached hydrogens (primary N) is 1. The molecule has 0 fully saturated rings. The van der Waals surface area contributed by atoms with E-state index in [-0.39, 0.29) is 0 Å². The van der Waals surface area contributed by atoms with Gasteiger partial charge in [0.1, 0.15) is 5.01 Å². The Morgan fingerprint density at radius 2 is 2.43 bits per heavy atom. The molecule has 0 unspecified atom stereocenters. The molecule has 2 rings (SSSR count). The predicted molar refractivity (Wildman–Crippen MR) is 64.9 cm³/mol. The van der Waals surface area contributed by atoms with E-state index in [1.165, 1.54) is 11.3 Å². The molecule has 2 aromatic heterocycles. The van der Waals surface area contributed by atoms with E-state index in [0.717, 1.165) is 21.3 Å². The van der Waals surface area contributed by atoms with E-state index in [2.05, 4.69) is 16.2 Å². The Hall–Kier alpha value is -0.590. The van der Waals surface area contributed by atoms with Crippen molar-refractivity contribution in [1.82, 2.24) is 9.97 Å². The third-order valence-corrected chi connectivity index (χ3v) is 4.03. The minimum atomic E-state index is 0.611. The molecular weight excluding hydrogens is 234 g/mol. The number of nitrogen functional groups attached to an aromatic ring is 1. The average molecular weight is 243 g/mol. The highest BCUT2D eigenvalue weighted by Gasteiger charge is 2.06. The summed E-state index contributed by atoms with van der Waals surface area (Å²) < 4.78 is 0. The van der Waals surface area contributed by atoms with Crippen LogP contribution < -0.4 is 5.73 Å². The van der Waals surface area contributed by atoms with Crippen LogP contribution in [0.15, 0.2) is 11.6 Å². The Morgan fingerprint density at radius 3 is 3.07 bits per heavy atom. The lowest BCUT2D eigenvalue weighted by molar-refractivity contribution is 1.27. The fraction of sp³-hybridized carbons (Fsp3) is 0.250. The van der Waals surface area contributed by atoms with Gasteiger partial charge in [-0.1, -0.05) is 0 Å². The molecule has 0 saturated heterocycles. The van der Waals surface area contributed by atoms with Crippen molar-refractivity contribution < 1.29 is 0 Å². The van der Waals surface area contributed by atoms with Crippen LogP contribution in [-0.2, 0) is 5.75 Å². The van der Waals surface area contributed by atoms with Crippen LogP contribution in [0.25, 0.3) is 10.6 Å². The summed E-state index contributed by atoms with van der Waals surface area (Å²) in [5.74, 6) is 0.963. The van der Waals surface area contributed by atoms with Gasteiger partial charge in [-0.25, -0.2) is 9.97 Å². The van der Waals surface area contributed by atoms with E-state index in [0.29, 0.717) is 5.13 Å². The first-order chi connectivity index (χ1) is 6.79. The first-order valence-corrected chi connectivity index (χ1v) is 7.03. The lowest BCUT2D eigenvalue weighted by Gasteiger charge is -1.87. The maximum absolute atomic E-state index is 5.57. The molecular formula is C8H9N3S3. The Morgan fingerprint density at radius 1 is 1.57 bits per heavy atom.